The van der Waals surface area contributed by atoms with E-state index in [9.17, 15) is 22.1 Å². The van der Waals surface area contributed by atoms with Crippen LogP contribution in [0.15, 0.2) is 42.5 Å². The minimum absolute atomic E-state index is 0.108. The number of halogens is 4. The predicted octanol–water partition coefficient (Wildman–Crippen LogP) is 5.83. The molecular formula is C24H28F4N3O5PS. The number of rotatable bonds is 13. The molecule has 1 unspecified atom stereocenters. The smallest absolute Gasteiger partial charge is 0.469 e. The molecule has 0 saturated heterocycles. The van der Waals surface area contributed by atoms with Gasteiger partial charge in [-0.05, 0) is 62.1 Å². The highest BCUT2D eigenvalue weighted by Crippen LogP contribution is 2.41. The Balaban J connectivity index is 1.58. The topological polar surface area (TPSA) is 128 Å². The highest BCUT2D eigenvalue weighted by Gasteiger charge is 2.35. The minimum Gasteiger partial charge on any atom is -0.493 e. The van der Waals surface area contributed by atoms with Gasteiger partial charge in [0.25, 0.3) is 0 Å². The Morgan fingerprint density at radius 1 is 1.05 bits per heavy atom. The van der Waals surface area contributed by atoms with Gasteiger partial charge in [0, 0.05) is 5.56 Å². The number of ether oxygens (including phenoxy) is 1. The third-order valence-corrected chi connectivity index (χ3v) is 7.20. The summed E-state index contributed by atoms with van der Waals surface area (Å²) in [5.41, 5.74) is 4.68. The highest BCUT2D eigenvalue weighted by molar-refractivity contribution is 7.46. The molecule has 3 rings (SSSR count). The second-order valence-electron chi connectivity index (χ2n) is 8.95. The Labute approximate surface area is 221 Å². The van der Waals surface area contributed by atoms with Gasteiger partial charge in [0.15, 0.2) is 0 Å². The fourth-order valence-corrected chi connectivity index (χ4v) is 4.84. The summed E-state index contributed by atoms with van der Waals surface area (Å²) < 4.78 is 75.4. The zero-order valence-corrected chi connectivity index (χ0v) is 22.2. The Morgan fingerprint density at radius 3 is 2.47 bits per heavy atom. The summed E-state index contributed by atoms with van der Waals surface area (Å²) in [6.45, 7) is 0.945. The monoisotopic (exact) mass is 577 g/mol. The van der Waals surface area contributed by atoms with Crippen molar-refractivity contribution in [1.82, 2.24) is 10.2 Å². The lowest BCUT2D eigenvalue weighted by atomic mass is 10.1. The number of hydrogen-bond acceptors (Lipinski definition) is 7. The van der Waals surface area contributed by atoms with Crippen molar-refractivity contribution in [2.45, 2.75) is 50.7 Å². The van der Waals surface area contributed by atoms with Crippen molar-refractivity contribution < 1.29 is 41.2 Å². The quantitative estimate of drug-likeness (QED) is 0.132. The first-order chi connectivity index (χ1) is 17.7. The molecule has 0 amide bonds. The number of unbranched alkanes of at least 4 members (excludes halogenated alkanes) is 3. The number of nitrogens with zero attached hydrogens (tertiary/aromatic N) is 2. The van der Waals surface area contributed by atoms with Crippen molar-refractivity contribution in [2.75, 3.05) is 13.2 Å². The van der Waals surface area contributed by atoms with Gasteiger partial charge in [0.05, 0.1) is 24.3 Å². The molecule has 0 radical (unpaired) electrons. The zero-order chi connectivity index (χ0) is 28.0. The van der Waals surface area contributed by atoms with Crippen LogP contribution in [0.1, 0.15) is 48.7 Å². The normalized spacial score (nSPS) is 13.9. The van der Waals surface area contributed by atoms with Crippen LogP contribution in [-0.2, 0) is 27.2 Å². The molecule has 14 heteroatoms. The molecule has 8 nitrogen and oxygen atoms in total. The summed E-state index contributed by atoms with van der Waals surface area (Å²) in [5.74, 6) is -0.580. The van der Waals surface area contributed by atoms with Crippen LogP contribution in [0.4, 0.5) is 17.6 Å². The summed E-state index contributed by atoms with van der Waals surface area (Å²) in [7, 11) is -4.77. The van der Waals surface area contributed by atoms with Crippen LogP contribution in [-0.4, -0.2) is 33.2 Å². The number of alkyl halides is 3. The molecule has 0 bridgehead atoms. The first kappa shape index (κ1) is 30.1. The van der Waals surface area contributed by atoms with Crippen LogP contribution < -0.4 is 10.5 Å². The average molecular weight is 578 g/mol. The lowest BCUT2D eigenvalue weighted by molar-refractivity contribution is -0.138. The lowest BCUT2D eigenvalue weighted by Gasteiger charge is -2.21. The van der Waals surface area contributed by atoms with Crippen LogP contribution in [0.5, 0.6) is 5.75 Å². The number of hydrogen-bond donors (Lipinski definition) is 3. The Morgan fingerprint density at radius 2 is 1.79 bits per heavy atom. The first-order valence-electron chi connectivity index (χ1n) is 11.7. The largest absolute Gasteiger partial charge is 0.493 e. The van der Waals surface area contributed by atoms with Crippen molar-refractivity contribution in [3.8, 4) is 16.3 Å². The Kier molecular flexibility index (Phi) is 10.0. The van der Waals surface area contributed by atoms with Gasteiger partial charge in [0.2, 0.25) is 0 Å². The van der Waals surface area contributed by atoms with Gasteiger partial charge in [-0.3, -0.25) is 4.52 Å². The highest BCUT2D eigenvalue weighted by atomic mass is 32.1. The molecule has 3 aromatic rings. The number of nitrogens with two attached hydrogens (primary N) is 1. The van der Waals surface area contributed by atoms with Crippen LogP contribution in [0.3, 0.4) is 0 Å². The van der Waals surface area contributed by atoms with E-state index in [1.165, 1.54) is 31.2 Å². The maximum atomic E-state index is 13.8. The molecule has 4 N–H and O–H groups in total. The van der Waals surface area contributed by atoms with Gasteiger partial charge < -0.3 is 20.3 Å². The van der Waals surface area contributed by atoms with E-state index in [4.69, 9.17) is 20.3 Å². The molecule has 1 aromatic heterocycles. The number of aryl methyl sites for hydroxylation is 1. The van der Waals surface area contributed by atoms with E-state index >= 15 is 0 Å². The fourth-order valence-electron chi connectivity index (χ4n) is 3.52. The van der Waals surface area contributed by atoms with Crippen molar-refractivity contribution in [3.05, 3.63) is 64.4 Å². The number of phosphoric acid groups is 1. The van der Waals surface area contributed by atoms with E-state index in [1.54, 1.807) is 6.07 Å². The first-order valence-corrected chi connectivity index (χ1v) is 14.0. The molecule has 0 aliphatic heterocycles. The molecule has 2 aromatic carbocycles. The molecule has 0 fully saturated rings. The minimum atomic E-state index is -4.77. The van der Waals surface area contributed by atoms with Crippen LogP contribution in [0.2, 0.25) is 0 Å². The van der Waals surface area contributed by atoms with E-state index in [0.29, 0.717) is 6.42 Å². The Hall–Kier alpha value is -2.41. The molecular weight excluding hydrogens is 549 g/mol. The lowest BCUT2D eigenvalue weighted by Crippen LogP contribution is -2.37. The van der Waals surface area contributed by atoms with Gasteiger partial charge >= 0.3 is 14.0 Å². The van der Waals surface area contributed by atoms with Gasteiger partial charge in [-0.15, -0.1) is 10.2 Å². The van der Waals surface area contributed by atoms with Crippen LogP contribution in [0.25, 0.3) is 10.6 Å². The number of phosphoric ester groups is 1. The molecule has 0 spiro atoms. The summed E-state index contributed by atoms with van der Waals surface area (Å²) in [5, 5.41) is 8.03. The summed E-state index contributed by atoms with van der Waals surface area (Å²) >= 11 is 0.888. The van der Waals surface area contributed by atoms with Crippen molar-refractivity contribution in [3.63, 3.8) is 0 Å². The number of benzene rings is 2. The molecule has 0 saturated carbocycles. The zero-order valence-electron chi connectivity index (χ0n) is 20.4. The fraction of sp³-hybridized carbons (Fsp3) is 0.417. The average Bonchev–Trinajstić information content (AvgIpc) is 3.33. The van der Waals surface area contributed by atoms with E-state index < -0.39 is 31.7 Å². The predicted molar refractivity (Wildman–Crippen MR) is 134 cm³/mol. The van der Waals surface area contributed by atoms with Crippen molar-refractivity contribution in [1.29, 1.82) is 0 Å². The summed E-state index contributed by atoms with van der Waals surface area (Å²) in [6, 6.07) is 9.95. The van der Waals surface area contributed by atoms with E-state index in [-0.39, 0.29) is 33.8 Å². The van der Waals surface area contributed by atoms with Crippen LogP contribution >= 0.6 is 19.2 Å². The summed E-state index contributed by atoms with van der Waals surface area (Å²) in [4.78, 5) is 17.8. The summed E-state index contributed by atoms with van der Waals surface area (Å²) in [6.07, 6.45) is -0.957. The molecule has 0 aliphatic rings. The van der Waals surface area contributed by atoms with Gasteiger partial charge in [-0.25, -0.2) is 8.96 Å². The molecule has 1 heterocycles. The van der Waals surface area contributed by atoms with Gasteiger partial charge in [-0.2, -0.15) is 13.2 Å². The SMILES string of the molecule is CC(N)(COP(=O)(O)O)c1nnc(-c2ccc(OCCCCCCc3cccc(F)c3)c(C(F)(F)F)c2)s1. The third-order valence-electron chi connectivity index (χ3n) is 5.48. The second-order valence-corrected chi connectivity index (χ2v) is 11.2. The number of aromatic nitrogens is 2. The maximum absolute atomic E-state index is 13.8. The van der Waals surface area contributed by atoms with Crippen molar-refractivity contribution >= 4 is 19.2 Å². The van der Waals surface area contributed by atoms with E-state index in [1.807, 2.05) is 6.07 Å². The van der Waals surface area contributed by atoms with Crippen molar-refractivity contribution in [2.24, 2.45) is 5.73 Å². The second kappa shape index (κ2) is 12.6. The van der Waals surface area contributed by atoms with Gasteiger partial charge in [-0.1, -0.05) is 36.3 Å². The Bertz CT molecular complexity index is 1270. The standard InChI is InChI=1S/C24H28F4N3O5PS/c1-23(29,15-36-37(32,33)34)22-31-30-21(38-22)17-10-11-20(19(14-17)24(26,27)28)35-12-5-3-2-4-7-16-8-6-9-18(25)13-16/h6,8-11,13-14H,2-5,7,12,15,29H2,1H3,(H2,32,33,34). The van der Waals surface area contributed by atoms with E-state index in [0.717, 1.165) is 48.6 Å². The molecule has 208 valence electrons. The third kappa shape index (κ3) is 9.11. The van der Waals surface area contributed by atoms with E-state index in [2.05, 4.69) is 14.7 Å². The molecule has 38 heavy (non-hydrogen) atoms. The molecule has 0 aliphatic carbocycles. The van der Waals surface area contributed by atoms with Crippen LogP contribution in [0, 0.1) is 5.82 Å². The van der Waals surface area contributed by atoms with Gasteiger partial charge in [0.1, 0.15) is 21.6 Å². The maximum Gasteiger partial charge on any atom is 0.469 e. The molecule has 1 atom stereocenters.